The fourth-order valence-corrected chi connectivity index (χ4v) is 1.96. The number of carbonyl (C=O) groups excluding carboxylic acids is 1. The molecule has 98 valence electrons. The number of aliphatic carboxylic acids is 1. The van der Waals surface area contributed by atoms with E-state index in [0.717, 1.165) is 6.42 Å². The van der Waals surface area contributed by atoms with Gasteiger partial charge in [0, 0.05) is 20.2 Å². The van der Waals surface area contributed by atoms with Gasteiger partial charge < -0.3 is 20.1 Å². The first-order chi connectivity index (χ1) is 8.04. The lowest BCUT2D eigenvalue weighted by atomic mass is 9.99. The van der Waals surface area contributed by atoms with Crippen LogP contribution in [0.4, 0.5) is 4.79 Å². The Morgan fingerprint density at radius 3 is 2.88 bits per heavy atom. The van der Waals surface area contributed by atoms with Crippen molar-refractivity contribution in [1.82, 2.24) is 10.2 Å². The Bertz CT molecular complexity index is 283. The molecule has 2 N–H and O–H groups in total. The first-order valence-corrected chi connectivity index (χ1v) is 5.81. The number of likely N-dealkylation sites (tertiary alicyclic amines) is 1. The molecule has 0 aromatic carbocycles. The van der Waals surface area contributed by atoms with E-state index in [-0.39, 0.29) is 12.1 Å². The predicted octanol–water partition coefficient (Wildman–Crippen LogP) is 0.527. The number of urea groups is 1. The molecule has 1 aliphatic rings. The summed E-state index contributed by atoms with van der Waals surface area (Å²) in [5.74, 6) is -1.26. The van der Waals surface area contributed by atoms with Gasteiger partial charge in [-0.25, -0.2) is 4.79 Å². The Hall–Kier alpha value is -1.30. The Morgan fingerprint density at radius 1 is 1.59 bits per heavy atom. The van der Waals surface area contributed by atoms with Crippen LogP contribution in [0.1, 0.15) is 19.8 Å². The molecule has 1 saturated heterocycles. The van der Waals surface area contributed by atoms with Crippen molar-refractivity contribution in [2.75, 3.05) is 26.8 Å². The standard InChI is InChI=1S/C11H20N2O4/c1-8(7-17-2)12-11(16)13-5-3-4-9(6-13)10(14)15/h8-9H,3-7H2,1-2H3,(H,12,16)(H,14,15). The first-order valence-electron chi connectivity index (χ1n) is 5.81. The zero-order valence-electron chi connectivity index (χ0n) is 10.3. The van der Waals surface area contributed by atoms with Crippen LogP contribution in [-0.4, -0.2) is 54.9 Å². The SMILES string of the molecule is COCC(C)NC(=O)N1CCCC(C(=O)O)C1. The third-order valence-corrected chi connectivity index (χ3v) is 2.84. The topological polar surface area (TPSA) is 78.9 Å². The number of ether oxygens (including phenoxy) is 1. The second-order valence-electron chi connectivity index (χ2n) is 4.43. The maximum Gasteiger partial charge on any atom is 0.317 e. The molecule has 0 saturated carbocycles. The van der Waals surface area contributed by atoms with Crippen molar-refractivity contribution in [2.45, 2.75) is 25.8 Å². The van der Waals surface area contributed by atoms with E-state index in [1.807, 2.05) is 6.92 Å². The van der Waals surface area contributed by atoms with Crippen LogP contribution < -0.4 is 5.32 Å². The van der Waals surface area contributed by atoms with Gasteiger partial charge in [-0.05, 0) is 19.8 Å². The smallest absolute Gasteiger partial charge is 0.317 e. The molecule has 0 radical (unpaired) electrons. The van der Waals surface area contributed by atoms with Crippen molar-refractivity contribution in [2.24, 2.45) is 5.92 Å². The highest BCUT2D eigenvalue weighted by atomic mass is 16.5. The number of nitrogens with one attached hydrogen (secondary N) is 1. The van der Waals surface area contributed by atoms with Gasteiger partial charge in [0.2, 0.25) is 0 Å². The van der Waals surface area contributed by atoms with Gasteiger partial charge in [-0.2, -0.15) is 0 Å². The number of hydrogen-bond acceptors (Lipinski definition) is 3. The lowest BCUT2D eigenvalue weighted by Gasteiger charge is -2.31. The maximum atomic E-state index is 11.8. The van der Waals surface area contributed by atoms with Crippen LogP contribution in [0.25, 0.3) is 0 Å². The van der Waals surface area contributed by atoms with Gasteiger partial charge in [-0.3, -0.25) is 4.79 Å². The van der Waals surface area contributed by atoms with Gasteiger partial charge in [0.05, 0.1) is 18.6 Å². The second-order valence-corrected chi connectivity index (χ2v) is 4.43. The molecule has 6 heteroatoms. The Morgan fingerprint density at radius 2 is 2.29 bits per heavy atom. The molecule has 0 aromatic rings. The molecular formula is C11H20N2O4. The summed E-state index contributed by atoms with van der Waals surface area (Å²) in [7, 11) is 1.57. The van der Waals surface area contributed by atoms with Crippen molar-refractivity contribution >= 4 is 12.0 Å². The Kier molecular flexibility index (Phi) is 5.21. The lowest BCUT2D eigenvalue weighted by Crippen LogP contribution is -2.50. The van der Waals surface area contributed by atoms with Crippen LogP contribution >= 0.6 is 0 Å². The second kappa shape index (κ2) is 6.44. The number of piperidine rings is 1. The number of nitrogens with zero attached hydrogens (tertiary/aromatic N) is 1. The summed E-state index contributed by atoms with van der Waals surface area (Å²) in [5.41, 5.74) is 0. The Labute approximate surface area is 101 Å². The van der Waals surface area contributed by atoms with Crippen LogP contribution in [0, 0.1) is 5.92 Å². The number of rotatable bonds is 4. The fourth-order valence-electron chi connectivity index (χ4n) is 1.96. The largest absolute Gasteiger partial charge is 0.481 e. The quantitative estimate of drug-likeness (QED) is 0.756. The monoisotopic (exact) mass is 244 g/mol. The van der Waals surface area contributed by atoms with Gasteiger partial charge in [-0.15, -0.1) is 0 Å². The van der Waals surface area contributed by atoms with Gasteiger partial charge in [0.15, 0.2) is 0 Å². The van der Waals surface area contributed by atoms with Crippen molar-refractivity contribution < 1.29 is 19.4 Å². The summed E-state index contributed by atoms with van der Waals surface area (Å²) in [5, 5.41) is 11.7. The zero-order chi connectivity index (χ0) is 12.8. The van der Waals surface area contributed by atoms with E-state index in [2.05, 4.69) is 5.32 Å². The highest BCUT2D eigenvalue weighted by Gasteiger charge is 2.28. The predicted molar refractivity (Wildman–Crippen MR) is 61.8 cm³/mol. The van der Waals surface area contributed by atoms with E-state index in [1.165, 1.54) is 0 Å². The van der Waals surface area contributed by atoms with Crippen LogP contribution in [0.2, 0.25) is 0 Å². The summed E-state index contributed by atoms with van der Waals surface area (Å²) >= 11 is 0. The molecule has 0 bridgehead atoms. The number of methoxy groups -OCH3 is 1. The average molecular weight is 244 g/mol. The van der Waals surface area contributed by atoms with Gasteiger partial charge in [-0.1, -0.05) is 0 Å². The minimum Gasteiger partial charge on any atom is -0.481 e. The van der Waals surface area contributed by atoms with Gasteiger partial charge in [0.25, 0.3) is 0 Å². The molecule has 0 spiro atoms. The number of hydrogen-bond donors (Lipinski definition) is 2. The highest BCUT2D eigenvalue weighted by molar-refractivity contribution is 5.76. The van der Waals surface area contributed by atoms with Crippen molar-refractivity contribution in [3.05, 3.63) is 0 Å². The van der Waals surface area contributed by atoms with E-state index in [4.69, 9.17) is 9.84 Å². The van der Waals surface area contributed by atoms with Crippen molar-refractivity contribution in [1.29, 1.82) is 0 Å². The van der Waals surface area contributed by atoms with Crippen LogP contribution in [0.5, 0.6) is 0 Å². The third kappa shape index (κ3) is 4.22. The summed E-state index contributed by atoms with van der Waals surface area (Å²) in [6.07, 6.45) is 1.38. The molecule has 17 heavy (non-hydrogen) atoms. The molecule has 0 aromatic heterocycles. The summed E-state index contributed by atoms with van der Waals surface area (Å²) in [6, 6.07) is -0.279. The van der Waals surface area contributed by atoms with E-state index in [1.54, 1.807) is 12.0 Å². The minimum atomic E-state index is -0.826. The molecule has 2 unspecified atom stereocenters. The normalized spacial score (nSPS) is 22.0. The molecule has 1 aliphatic heterocycles. The molecule has 6 nitrogen and oxygen atoms in total. The van der Waals surface area contributed by atoms with E-state index in [0.29, 0.717) is 26.1 Å². The molecule has 1 heterocycles. The Balaban J connectivity index is 2.43. The number of amides is 2. The zero-order valence-corrected chi connectivity index (χ0v) is 10.3. The first kappa shape index (κ1) is 13.8. The van der Waals surface area contributed by atoms with Crippen molar-refractivity contribution in [3.8, 4) is 0 Å². The fraction of sp³-hybridized carbons (Fsp3) is 0.818. The molecule has 0 aliphatic carbocycles. The lowest BCUT2D eigenvalue weighted by molar-refractivity contribution is -0.143. The number of carbonyl (C=O) groups is 2. The molecule has 2 atom stereocenters. The number of carboxylic acid groups (broad SMARTS) is 1. The van der Waals surface area contributed by atoms with E-state index < -0.39 is 11.9 Å². The minimum absolute atomic E-state index is 0.0716. The van der Waals surface area contributed by atoms with E-state index >= 15 is 0 Å². The van der Waals surface area contributed by atoms with Gasteiger partial charge in [0.1, 0.15) is 0 Å². The van der Waals surface area contributed by atoms with E-state index in [9.17, 15) is 9.59 Å². The summed E-state index contributed by atoms with van der Waals surface area (Å²) in [4.78, 5) is 24.3. The van der Waals surface area contributed by atoms with Gasteiger partial charge >= 0.3 is 12.0 Å². The van der Waals surface area contributed by atoms with Crippen LogP contribution in [0.3, 0.4) is 0 Å². The molecular weight excluding hydrogens is 224 g/mol. The number of carboxylic acids is 1. The molecule has 1 fully saturated rings. The highest BCUT2D eigenvalue weighted by Crippen LogP contribution is 2.16. The summed E-state index contributed by atoms with van der Waals surface area (Å²) in [6.45, 7) is 3.21. The third-order valence-electron chi connectivity index (χ3n) is 2.84. The maximum absolute atomic E-state index is 11.8. The molecule has 1 rings (SSSR count). The molecule has 2 amide bonds. The van der Waals surface area contributed by atoms with Crippen LogP contribution in [0.15, 0.2) is 0 Å². The average Bonchev–Trinajstić information content (AvgIpc) is 2.29. The summed E-state index contributed by atoms with van der Waals surface area (Å²) < 4.78 is 4.92. The van der Waals surface area contributed by atoms with Crippen LogP contribution in [-0.2, 0) is 9.53 Å². The van der Waals surface area contributed by atoms with Crippen molar-refractivity contribution in [3.63, 3.8) is 0 Å².